The van der Waals surface area contributed by atoms with Crippen molar-refractivity contribution in [1.29, 1.82) is 0 Å². The minimum atomic E-state index is -0.203. The van der Waals surface area contributed by atoms with Crippen LogP contribution in [0.25, 0.3) is 10.8 Å². The van der Waals surface area contributed by atoms with Crippen molar-refractivity contribution in [2.75, 3.05) is 5.32 Å². The lowest BCUT2D eigenvalue weighted by Crippen LogP contribution is -1.92. The molecular formula is C15H12ClFN2. The molecule has 0 fully saturated rings. The Morgan fingerprint density at radius 1 is 0.842 bits per heavy atom. The van der Waals surface area contributed by atoms with E-state index in [0.29, 0.717) is 5.39 Å². The predicted octanol–water partition coefficient (Wildman–Crippen LogP) is 4.54. The Morgan fingerprint density at radius 3 is 2.32 bits per heavy atom. The van der Waals surface area contributed by atoms with E-state index in [1.807, 2.05) is 30.3 Å². The molecule has 0 saturated carbocycles. The fourth-order valence-electron chi connectivity index (χ4n) is 1.97. The van der Waals surface area contributed by atoms with Gasteiger partial charge in [-0.25, -0.2) is 4.39 Å². The first-order valence-electron chi connectivity index (χ1n) is 5.69. The molecule has 3 aromatic rings. The van der Waals surface area contributed by atoms with Crippen molar-refractivity contribution in [3.63, 3.8) is 0 Å². The molecule has 0 aliphatic carbocycles. The third kappa shape index (κ3) is 2.66. The molecule has 2 aromatic carbocycles. The fourth-order valence-corrected chi connectivity index (χ4v) is 1.97. The maximum absolute atomic E-state index is 13.7. The van der Waals surface area contributed by atoms with Gasteiger partial charge in [0.05, 0.1) is 0 Å². The van der Waals surface area contributed by atoms with Crippen molar-refractivity contribution in [1.82, 2.24) is 4.98 Å². The summed E-state index contributed by atoms with van der Waals surface area (Å²) in [5.74, 6) is -0.203. The zero-order valence-electron chi connectivity index (χ0n) is 10.0. The van der Waals surface area contributed by atoms with Gasteiger partial charge in [-0.15, -0.1) is 12.4 Å². The standard InChI is InChI=1S/C15H11FN2.ClH/c16-14-5-1-4-13-12(14)3-2-6-15(13)18-11-7-9-17-10-8-11;/h1-10H,(H,17,18);1H. The second-order valence-corrected chi connectivity index (χ2v) is 4.00. The molecular weight excluding hydrogens is 263 g/mol. The van der Waals surface area contributed by atoms with Crippen LogP contribution in [0.5, 0.6) is 0 Å². The number of hydrogen-bond acceptors (Lipinski definition) is 2. The maximum atomic E-state index is 13.7. The Bertz CT molecular complexity index is 686. The van der Waals surface area contributed by atoms with Crippen molar-refractivity contribution >= 4 is 34.6 Å². The van der Waals surface area contributed by atoms with Gasteiger partial charge in [0.2, 0.25) is 0 Å². The molecule has 1 aromatic heterocycles. The summed E-state index contributed by atoms with van der Waals surface area (Å²) in [6, 6.07) is 14.4. The molecule has 0 saturated heterocycles. The minimum absolute atomic E-state index is 0. The Morgan fingerprint density at radius 2 is 1.53 bits per heavy atom. The van der Waals surface area contributed by atoms with Crippen molar-refractivity contribution in [2.24, 2.45) is 0 Å². The van der Waals surface area contributed by atoms with Crippen LogP contribution in [-0.2, 0) is 0 Å². The van der Waals surface area contributed by atoms with Crippen LogP contribution in [-0.4, -0.2) is 4.98 Å². The van der Waals surface area contributed by atoms with Crippen LogP contribution in [0.1, 0.15) is 0 Å². The van der Waals surface area contributed by atoms with Crippen molar-refractivity contribution < 1.29 is 4.39 Å². The lowest BCUT2D eigenvalue weighted by Gasteiger charge is -2.09. The summed E-state index contributed by atoms with van der Waals surface area (Å²) in [5.41, 5.74) is 1.82. The molecule has 0 spiro atoms. The Kier molecular flexibility index (Phi) is 3.97. The molecule has 0 amide bonds. The molecule has 19 heavy (non-hydrogen) atoms. The highest BCUT2D eigenvalue weighted by atomic mass is 35.5. The van der Waals surface area contributed by atoms with Gasteiger partial charge in [-0.05, 0) is 24.3 Å². The smallest absolute Gasteiger partial charge is 0.131 e. The van der Waals surface area contributed by atoms with Gasteiger partial charge >= 0.3 is 0 Å². The number of fused-ring (bicyclic) bond motifs is 1. The number of aromatic nitrogens is 1. The summed E-state index contributed by atoms with van der Waals surface area (Å²) in [7, 11) is 0. The first-order valence-corrected chi connectivity index (χ1v) is 5.69. The highest BCUT2D eigenvalue weighted by Crippen LogP contribution is 2.27. The van der Waals surface area contributed by atoms with Crippen LogP contribution in [0.4, 0.5) is 15.8 Å². The van der Waals surface area contributed by atoms with Crippen LogP contribution >= 0.6 is 12.4 Å². The van der Waals surface area contributed by atoms with Crippen molar-refractivity contribution in [3.05, 3.63) is 66.7 Å². The number of nitrogens with zero attached hydrogens (tertiary/aromatic N) is 1. The van der Waals surface area contributed by atoms with Gasteiger partial charge in [0, 0.05) is 34.5 Å². The number of nitrogens with one attached hydrogen (secondary N) is 1. The minimum Gasteiger partial charge on any atom is -0.355 e. The van der Waals surface area contributed by atoms with E-state index in [2.05, 4.69) is 10.3 Å². The van der Waals surface area contributed by atoms with E-state index in [1.165, 1.54) is 6.07 Å². The topological polar surface area (TPSA) is 24.9 Å². The molecule has 0 unspecified atom stereocenters. The average molecular weight is 275 g/mol. The first-order chi connectivity index (χ1) is 8.84. The molecule has 0 atom stereocenters. The summed E-state index contributed by atoms with van der Waals surface area (Å²) in [6.07, 6.45) is 3.43. The SMILES string of the molecule is Cl.Fc1cccc2c(Nc3ccncc3)cccc12. The Balaban J connectivity index is 0.00000133. The highest BCUT2D eigenvalue weighted by Gasteiger charge is 2.04. The molecule has 0 bridgehead atoms. The Hall–Kier alpha value is -2.13. The molecule has 3 rings (SSSR count). The molecule has 1 heterocycles. The average Bonchev–Trinajstić information content (AvgIpc) is 2.41. The van der Waals surface area contributed by atoms with E-state index >= 15 is 0 Å². The third-order valence-corrected chi connectivity index (χ3v) is 2.83. The summed E-state index contributed by atoms with van der Waals surface area (Å²) < 4.78 is 13.7. The number of halogens is 2. The summed E-state index contributed by atoms with van der Waals surface area (Å²) >= 11 is 0. The van der Waals surface area contributed by atoms with Crippen LogP contribution in [0.3, 0.4) is 0 Å². The summed E-state index contributed by atoms with van der Waals surface area (Å²) in [6.45, 7) is 0. The van der Waals surface area contributed by atoms with Crippen LogP contribution in [0, 0.1) is 5.82 Å². The number of pyridine rings is 1. The quantitative estimate of drug-likeness (QED) is 0.742. The lowest BCUT2D eigenvalue weighted by atomic mass is 10.1. The van der Waals surface area contributed by atoms with E-state index < -0.39 is 0 Å². The molecule has 1 N–H and O–H groups in total. The predicted molar refractivity (Wildman–Crippen MR) is 78.7 cm³/mol. The fraction of sp³-hybridized carbons (Fsp3) is 0. The van der Waals surface area contributed by atoms with Crippen LogP contribution < -0.4 is 5.32 Å². The number of benzene rings is 2. The zero-order chi connectivity index (χ0) is 12.4. The van der Waals surface area contributed by atoms with Gasteiger partial charge in [0.15, 0.2) is 0 Å². The summed E-state index contributed by atoms with van der Waals surface area (Å²) in [4.78, 5) is 3.96. The number of rotatable bonds is 2. The van der Waals surface area contributed by atoms with Gasteiger partial charge in [-0.3, -0.25) is 4.98 Å². The van der Waals surface area contributed by atoms with Gasteiger partial charge in [0.25, 0.3) is 0 Å². The molecule has 0 aliphatic rings. The lowest BCUT2D eigenvalue weighted by molar-refractivity contribution is 0.640. The maximum Gasteiger partial charge on any atom is 0.131 e. The highest BCUT2D eigenvalue weighted by molar-refractivity contribution is 5.95. The van der Waals surface area contributed by atoms with E-state index in [1.54, 1.807) is 24.5 Å². The number of anilines is 2. The van der Waals surface area contributed by atoms with Gasteiger partial charge < -0.3 is 5.32 Å². The van der Waals surface area contributed by atoms with E-state index in [4.69, 9.17) is 0 Å². The van der Waals surface area contributed by atoms with Crippen molar-refractivity contribution in [3.8, 4) is 0 Å². The van der Waals surface area contributed by atoms with E-state index in [-0.39, 0.29) is 18.2 Å². The largest absolute Gasteiger partial charge is 0.355 e. The summed E-state index contributed by atoms with van der Waals surface area (Å²) in [5, 5.41) is 4.76. The zero-order valence-corrected chi connectivity index (χ0v) is 10.8. The van der Waals surface area contributed by atoms with E-state index in [0.717, 1.165) is 16.8 Å². The van der Waals surface area contributed by atoms with Gasteiger partial charge in [-0.2, -0.15) is 0 Å². The molecule has 0 aliphatic heterocycles. The van der Waals surface area contributed by atoms with E-state index in [9.17, 15) is 4.39 Å². The monoisotopic (exact) mass is 274 g/mol. The van der Waals surface area contributed by atoms with Gasteiger partial charge in [0.1, 0.15) is 5.82 Å². The molecule has 96 valence electrons. The third-order valence-electron chi connectivity index (χ3n) is 2.83. The Labute approximate surface area is 116 Å². The molecule has 0 radical (unpaired) electrons. The molecule has 4 heteroatoms. The second kappa shape index (κ2) is 5.67. The normalized spacial score (nSPS) is 9.95. The van der Waals surface area contributed by atoms with Crippen molar-refractivity contribution in [2.45, 2.75) is 0 Å². The van der Waals surface area contributed by atoms with Crippen LogP contribution in [0.15, 0.2) is 60.9 Å². The number of hydrogen-bond donors (Lipinski definition) is 1. The van der Waals surface area contributed by atoms with Crippen LogP contribution in [0.2, 0.25) is 0 Å². The first kappa shape index (κ1) is 13.3. The molecule has 2 nitrogen and oxygen atoms in total. The van der Waals surface area contributed by atoms with Gasteiger partial charge in [-0.1, -0.05) is 24.3 Å². The second-order valence-electron chi connectivity index (χ2n) is 4.00.